The van der Waals surface area contributed by atoms with Gasteiger partial charge in [-0.15, -0.1) is 0 Å². The van der Waals surface area contributed by atoms with Crippen LogP contribution in [0, 0.1) is 0 Å². The summed E-state index contributed by atoms with van der Waals surface area (Å²) >= 11 is 0. The number of carbonyl (C=O) groups excluding carboxylic acids is 1. The molecule has 0 radical (unpaired) electrons. The van der Waals surface area contributed by atoms with Crippen LogP contribution in [0.2, 0.25) is 0 Å². The molecule has 0 N–H and O–H groups in total. The van der Waals surface area contributed by atoms with Crippen LogP contribution in [-0.4, -0.2) is 29.7 Å². The number of alkyl halides is 1. The summed E-state index contributed by atoms with van der Waals surface area (Å²) in [4.78, 5) is 13.1. The second kappa shape index (κ2) is 4.26. The highest BCUT2D eigenvalue weighted by Crippen LogP contribution is 2.36. The predicted octanol–water partition coefficient (Wildman–Crippen LogP) is 3.10. The molecule has 98 valence electrons. The van der Waals surface area contributed by atoms with Gasteiger partial charge in [0.05, 0.1) is 13.1 Å². The molecule has 1 aliphatic rings. The monoisotopic (exact) mass is 251 g/mol. The van der Waals surface area contributed by atoms with Crippen molar-refractivity contribution >= 4 is 6.09 Å². The van der Waals surface area contributed by atoms with Gasteiger partial charge in [-0.25, -0.2) is 9.18 Å². The smallest absolute Gasteiger partial charge is 0.410 e. The van der Waals surface area contributed by atoms with Gasteiger partial charge in [-0.3, -0.25) is 0 Å². The molecule has 0 unspecified atom stereocenters. The molecule has 3 nitrogen and oxygen atoms in total. The maximum atomic E-state index is 14.4. The largest absolute Gasteiger partial charge is 0.444 e. The highest BCUT2D eigenvalue weighted by molar-refractivity contribution is 5.70. The van der Waals surface area contributed by atoms with Gasteiger partial charge in [-0.2, -0.15) is 0 Å². The van der Waals surface area contributed by atoms with Crippen LogP contribution in [0.5, 0.6) is 0 Å². The fourth-order valence-corrected chi connectivity index (χ4v) is 1.93. The van der Waals surface area contributed by atoms with Crippen molar-refractivity contribution in [2.24, 2.45) is 0 Å². The first-order chi connectivity index (χ1) is 8.30. The highest BCUT2D eigenvalue weighted by atomic mass is 19.1. The van der Waals surface area contributed by atoms with Gasteiger partial charge in [0.1, 0.15) is 5.60 Å². The van der Waals surface area contributed by atoms with E-state index < -0.39 is 17.4 Å². The zero-order valence-electron chi connectivity index (χ0n) is 10.9. The summed E-state index contributed by atoms with van der Waals surface area (Å²) in [6, 6.07) is 8.93. The van der Waals surface area contributed by atoms with E-state index in [-0.39, 0.29) is 13.1 Å². The van der Waals surface area contributed by atoms with E-state index in [1.165, 1.54) is 4.90 Å². The number of ether oxygens (including phenoxy) is 1. The third kappa shape index (κ3) is 2.63. The second-order valence-electron chi connectivity index (χ2n) is 5.67. The Balaban J connectivity index is 1.96. The number of hydrogen-bond donors (Lipinski definition) is 0. The maximum Gasteiger partial charge on any atom is 0.410 e. The predicted molar refractivity (Wildman–Crippen MR) is 67.0 cm³/mol. The average Bonchev–Trinajstić information content (AvgIpc) is 2.23. The Hall–Kier alpha value is -1.58. The van der Waals surface area contributed by atoms with E-state index in [1.807, 2.05) is 6.07 Å². The van der Waals surface area contributed by atoms with Crippen molar-refractivity contribution in [1.82, 2.24) is 4.90 Å². The first kappa shape index (κ1) is 12.9. The van der Waals surface area contributed by atoms with Crippen molar-refractivity contribution in [3.63, 3.8) is 0 Å². The van der Waals surface area contributed by atoms with E-state index in [0.717, 1.165) is 0 Å². The van der Waals surface area contributed by atoms with Crippen molar-refractivity contribution in [3.05, 3.63) is 35.9 Å². The van der Waals surface area contributed by atoms with Gasteiger partial charge in [0.2, 0.25) is 0 Å². The van der Waals surface area contributed by atoms with E-state index in [9.17, 15) is 9.18 Å². The Morgan fingerprint density at radius 1 is 1.28 bits per heavy atom. The van der Waals surface area contributed by atoms with Crippen LogP contribution < -0.4 is 0 Å². The number of rotatable bonds is 1. The second-order valence-corrected chi connectivity index (χ2v) is 5.67. The lowest BCUT2D eigenvalue weighted by atomic mass is 9.88. The minimum Gasteiger partial charge on any atom is -0.444 e. The van der Waals surface area contributed by atoms with Gasteiger partial charge in [-0.1, -0.05) is 30.3 Å². The Kier molecular flexibility index (Phi) is 3.05. The molecule has 1 heterocycles. The minimum atomic E-state index is -1.43. The number of hydrogen-bond acceptors (Lipinski definition) is 2. The highest BCUT2D eigenvalue weighted by Gasteiger charge is 2.48. The third-order valence-electron chi connectivity index (χ3n) is 2.83. The van der Waals surface area contributed by atoms with Crippen molar-refractivity contribution in [1.29, 1.82) is 0 Å². The zero-order valence-corrected chi connectivity index (χ0v) is 10.9. The van der Waals surface area contributed by atoms with Gasteiger partial charge >= 0.3 is 6.09 Å². The lowest BCUT2D eigenvalue weighted by Crippen LogP contribution is -2.59. The Morgan fingerprint density at radius 3 is 2.33 bits per heavy atom. The average molecular weight is 251 g/mol. The molecule has 2 rings (SSSR count). The molecule has 0 spiro atoms. The van der Waals surface area contributed by atoms with Gasteiger partial charge in [0, 0.05) is 0 Å². The fraction of sp³-hybridized carbons (Fsp3) is 0.500. The molecule has 0 saturated carbocycles. The van der Waals surface area contributed by atoms with Gasteiger partial charge in [0.15, 0.2) is 5.67 Å². The van der Waals surface area contributed by atoms with E-state index in [0.29, 0.717) is 5.56 Å². The summed E-state index contributed by atoms with van der Waals surface area (Å²) in [6.45, 7) is 5.51. The first-order valence-corrected chi connectivity index (χ1v) is 6.03. The summed E-state index contributed by atoms with van der Waals surface area (Å²) in [5.41, 5.74) is -1.36. The van der Waals surface area contributed by atoms with Gasteiger partial charge < -0.3 is 9.64 Å². The van der Waals surface area contributed by atoms with E-state index in [1.54, 1.807) is 45.0 Å². The molecule has 1 saturated heterocycles. The van der Waals surface area contributed by atoms with Crippen LogP contribution in [0.1, 0.15) is 26.3 Å². The van der Waals surface area contributed by atoms with Crippen molar-refractivity contribution < 1.29 is 13.9 Å². The van der Waals surface area contributed by atoms with E-state index in [2.05, 4.69) is 0 Å². The SMILES string of the molecule is CC(C)(C)OC(=O)N1CC(F)(c2ccccc2)C1. The lowest BCUT2D eigenvalue weighted by molar-refractivity contribution is -0.0537. The standard InChI is InChI=1S/C14H18FNO2/c1-13(2,3)18-12(17)16-9-14(15,10-16)11-7-5-4-6-8-11/h4-8H,9-10H2,1-3H3. The van der Waals surface area contributed by atoms with Crippen LogP contribution in [-0.2, 0) is 10.4 Å². The zero-order chi connectivity index (χ0) is 13.4. The molecule has 4 heteroatoms. The molecular weight excluding hydrogens is 233 g/mol. The molecule has 1 aromatic rings. The lowest BCUT2D eigenvalue weighted by Gasteiger charge is -2.44. The molecule has 1 fully saturated rings. The molecule has 0 aliphatic carbocycles. The number of likely N-dealkylation sites (tertiary alicyclic amines) is 1. The molecular formula is C14H18FNO2. The first-order valence-electron chi connectivity index (χ1n) is 6.03. The van der Waals surface area contributed by atoms with Crippen molar-refractivity contribution in [2.45, 2.75) is 32.0 Å². The number of halogens is 1. The normalized spacial score (nSPS) is 18.1. The summed E-state index contributed by atoms with van der Waals surface area (Å²) in [5.74, 6) is 0. The van der Waals surface area contributed by atoms with Crippen molar-refractivity contribution in [2.75, 3.05) is 13.1 Å². The molecule has 0 bridgehead atoms. The number of nitrogens with zero attached hydrogens (tertiary/aromatic N) is 1. The van der Waals surface area contributed by atoms with Crippen LogP contribution in [0.15, 0.2) is 30.3 Å². The van der Waals surface area contributed by atoms with E-state index in [4.69, 9.17) is 4.74 Å². The van der Waals surface area contributed by atoms with Gasteiger partial charge in [0.25, 0.3) is 0 Å². The van der Waals surface area contributed by atoms with Crippen LogP contribution >= 0.6 is 0 Å². The summed E-state index contributed by atoms with van der Waals surface area (Å²) < 4.78 is 19.6. The number of amides is 1. The molecule has 18 heavy (non-hydrogen) atoms. The third-order valence-corrected chi connectivity index (χ3v) is 2.83. The Morgan fingerprint density at radius 2 is 1.83 bits per heavy atom. The minimum absolute atomic E-state index is 0.0614. The van der Waals surface area contributed by atoms with Crippen LogP contribution in [0.3, 0.4) is 0 Å². The molecule has 1 aromatic carbocycles. The van der Waals surface area contributed by atoms with Crippen LogP contribution in [0.25, 0.3) is 0 Å². The molecule has 1 amide bonds. The summed E-state index contributed by atoms with van der Waals surface area (Å²) in [6.07, 6.45) is -0.452. The topological polar surface area (TPSA) is 29.5 Å². The van der Waals surface area contributed by atoms with Crippen LogP contribution in [0.4, 0.5) is 9.18 Å². The Bertz CT molecular complexity index is 433. The number of carbonyl (C=O) groups is 1. The quantitative estimate of drug-likeness (QED) is 0.767. The fourth-order valence-electron chi connectivity index (χ4n) is 1.93. The van der Waals surface area contributed by atoms with E-state index >= 15 is 0 Å². The molecule has 0 aromatic heterocycles. The summed E-state index contributed by atoms with van der Waals surface area (Å²) in [7, 11) is 0. The molecule has 1 aliphatic heterocycles. The van der Waals surface area contributed by atoms with Crippen molar-refractivity contribution in [3.8, 4) is 0 Å². The molecule has 0 atom stereocenters. The van der Waals surface area contributed by atoms with Gasteiger partial charge in [-0.05, 0) is 26.3 Å². The summed E-state index contributed by atoms with van der Waals surface area (Å²) in [5, 5.41) is 0. The maximum absolute atomic E-state index is 14.4. The Labute approximate surface area is 107 Å². The number of benzene rings is 1.